The Hall–Kier alpha value is -2.90. The van der Waals surface area contributed by atoms with E-state index in [0.29, 0.717) is 5.16 Å². The number of hydrogen-bond acceptors (Lipinski definition) is 6. The van der Waals surface area contributed by atoms with Crippen molar-refractivity contribution in [3.05, 3.63) is 71.6 Å². The summed E-state index contributed by atoms with van der Waals surface area (Å²) < 4.78 is 5.60. The van der Waals surface area contributed by atoms with Gasteiger partial charge in [-0.3, -0.25) is 10.0 Å². The summed E-state index contributed by atoms with van der Waals surface area (Å²) >= 11 is 1.54. The minimum atomic E-state index is -0.562. The van der Waals surface area contributed by atoms with Crippen LogP contribution in [0.1, 0.15) is 16.9 Å². The third-order valence-corrected chi connectivity index (χ3v) is 4.44. The third-order valence-electron chi connectivity index (χ3n) is 3.51. The average Bonchev–Trinajstić information content (AvgIpc) is 3.12. The lowest BCUT2D eigenvalue weighted by atomic mass is 10.1. The number of carbonyl (C=O) groups excluding carboxylic acids is 1. The van der Waals surface area contributed by atoms with Crippen molar-refractivity contribution in [2.75, 3.05) is 0 Å². The Morgan fingerprint density at radius 3 is 2.73 bits per heavy atom. The Labute approximate surface area is 154 Å². The van der Waals surface area contributed by atoms with E-state index in [1.807, 2.05) is 49.4 Å². The molecule has 0 saturated heterocycles. The fourth-order valence-corrected chi connectivity index (χ4v) is 2.99. The quantitative estimate of drug-likeness (QED) is 0.226. The molecular formula is C19H17N3O3S. The standard InChI is InChI=1S/C19H17N3O3S/c1-13-2-8-17(25-13)16-10-11-20-19(21-16)26-12-15-5-3-14(4-6-15)7-9-18(23)22-24/h2-11,24H,12H2,1H3,(H,22,23). The number of hydrogen-bond donors (Lipinski definition) is 2. The number of carbonyl (C=O) groups is 1. The number of amides is 1. The minimum Gasteiger partial charge on any atom is -0.460 e. The molecule has 3 rings (SSSR count). The summed E-state index contributed by atoms with van der Waals surface area (Å²) in [5, 5.41) is 9.14. The average molecular weight is 367 g/mol. The molecule has 0 fully saturated rings. The van der Waals surface area contributed by atoms with Crippen LogP contribution in [0.15, 0.2) is 64.3 Å². The number of hydroxylamine groups is 1. The second-order valence-corrected chi connectivity index (χ2v) is 6.42. The van der Waals surface area contributed by atoms with E-state index in [9.17, 15) is 4.79 Å². The van der Waals surface area contributed by atoms with E-state index in [2.05, 4.69) is 9.97 Å². The smallest absolute Gasteiger partial charge is 0.267 e. The Kier molecular flexibility index (Phi) is 5.83. The second kappa shape index (κ2) is 8.46. The van der Waals surface area contributed by atoms with Gasteiger partial charge in [0.15, 0.2) is 10.9 Å². The number of furan rings is 1. The molecule has 0 atom stereocenters. The predicted molar refractivity (Wildman–Crippen MR) is 99.4 cm³/mol. The van der Waals surface area contributed by atoms with E-state index in [1.165, 1.54) is 17.8 Å². The highest BCUT2D eigenvalue weighted by molar-refractivity contribution is 7.98. The number of benzene rings is 1. The highest BCUT2D eigenvalue weighted by Gasteiger charge is 2.07. The number of nitrogens with zero attached hydrogens (tertiary/aromatic N) is 2. The molecule has 0 bridgehead atoms. The van der Waals surface area contributed by atoms with Crippen molar-refractivity contribution in [2.24, 2.45) is 0 Å². The van der Waals surface area contributed by atoms with Crippen molar-refractivity contribution in [1.82, 2.24) is 15.4 Å². The lowest BCUT2D eigenvalue weighted by Gasteiger charge is -2.03. The first-order valence-electron chi connectivity index (χ1n) is 7.88. The van der Waals surface area contributed by atoms with E-state index in [4.69, 9.17) is 9.62 Å². The number of rotatable bonds is 6. The molecule has 132 valence electrons. The van der Waals surface area contributed by atoms with E-state index in [-0.39, 0.29) is 0 Å². The Morgan fingerprint density at radius 1 is 1.23 bits per heavy atom. The van der Waals surface area contributed by atoms with Crippen LogP contribution in [0.25, 0.3) is 17.5 Å². The zero-order chi connectivity index (χ0) is 18.4. The van der Waals surface area contributed by atoms with Gasteiger partial charge in [0.2, 0.25) is 0 Å². The molecule has 3 aromatic rings. The zero-order valence-electron chi connectivity index (χ0n) is 14.0. The molecule has 0 aliphatic heterocycles. The van der Waals surface area contributed by atoms with Crippen LogP contribution in [0.5, 0.6) is 0 Å². The SMILES string of the molecule is Cc1ccc(-c2ccnc(SCc3ccc(C=CC(=O)NO)cc3)n2)o1. The first-order chi connectivity index (χ1) is 12.6. The third kappa shape index (κ3) is 4.81. The number of aromatic nitrogens is 2. The van der Waals surface area contributed by atoms with Gasteiger partial charge >= 0.3 is 0 Å². The van der Waals surface area contributed by atoms with E-state index < -0.39 is 5.91 Å². The van der Waals surface area contributed by atoms with Gasteiger partial charge in [-0.15, -0.1) is 0 Å². The molecule has 2 heterocycles. The number of aryl methyl sites for hydroxylation is 1. The van der Waals surface area contributed by atoms with Crippen LogP contribution in [0.2, 0.25) is 0 Å². The first-order valence-corrected chi connectivity index (χ1v) is 8.86. The van der Waals surface area contributed by atoms with E-state index >= 15 is 0 Å². The summed E-state index contributed by atoms with van der Waals surface area (Å²) in [6.45, 7) is 1.90. The highest BCUT2D eigenvalue weighted by atomic mass is 32.2. The monoisotopic (exact) mass is 367 g/mol. The van der Waals surface area contributed by atoms with Crippen molar-refractivity contribution in [3.8, 4) is 11.5 Å². The molecule has 1 aromatic carbocycles. The predicted octanol–water partition coefficient (Wildman–Crippen LogP) is 3.86. The molecule has 2 N–H and O–H groups in total. The summed E-state index contributed by atoms with van der Waals surface area (Å²) in [6.07, 6.45) is 4.61. The zero-order valence-corrected chi connectivity index (χ0v) is 14.9. The lowest BCUT2D eigenvalue weighted by Crippen LogP contribution is -2.14. The van der Waals surface area contributed by atoms with Crippen LogP contribution in [-0.2, 0) is 10.5 Å². The lowest BCUT2D eigenvalue weighted by molar-refractivity contribution is -0.124. The normalized spacial score (nSPS) is 11.0. The van der Waals surface area contributed by atoms with Crippen LogP contribution in [-0.4, -0.2) is 21.1 Å². The van der Waals surface area contributed by atoms with Crippen LogP contribution < -0.4 is 5.48 Å². The summed E-state index contributed by atoms with van der Waals surface area (Å²) in [5.41, 5.74) is 4.30. The molecule has 7 heteroatoms. The Morgan fingerprint density at radius 2 is 2.04 bits per heavy atom. The maximum Gasteiger partial charge on any atom is 0.267 e. The molecule has 0 spiro atoms. The molecule has 2 aromatic heterocycles. The van der Waals surface area contributed by atoms with Crippen molar-refractivity contribution in [3.63, 3.8) is 0 Å². The van der Waals surface area contributed by atoms with Gasteiger partial charge in [-0.2, -0.15) is 0 Å². The summed E-state index contributed by atoms with van der Waals surface area (Å²) in [4.78, 5) is 19.8. The fraction of sp³-hybridized carbons (Fsp3) is 0.105. The van der Waals surface area contributed by atoms with Crippen molar-refractivity contribution in [1.29, 1.82) is 0 Å². The summed E-state index contributed by atoms with van der Waals surface area (Å²) in [6, 6.07) is 13.4. The second-order valence-electron chi connectivity index (χ2n) is 5.47. The first kappa shape index (κ1) is 17.9. The summed E-state index contributed by atoms with van der Waals surface area (Å²) in [5.74, 6) is 1.74. The molecule has 6 nitrogen and oxygen atoms in total. The van der Waals surface area contributed by atoms with E-state index in [1.54, 1.807) is 17.8 Å². The van der Waals surface area contributed by atoms with Gasteiger partial charge in [0.25, 0.3) is 5.91 Å². The van der Waals surface area contributed by atoms with Crippen LogP contribution in [0, 0.1) is 6.92 Å². The molecule has 0 aliphatic carbocycles. The Balaban J connectivity index is 1.62. The van der Waals surface area contributed by atoms with Gasteiger partial charge in [-0.1, -0.05) is 36.0 Å². The largest absolute Gasteiger partial charge is 0.460 e. The summed E-state index contributed by atoms with van der Waals surface area (Å²) in [7, 11) is 0. The molecule has 1 amide bonds. The van der Waals surface area contributed by atoms with E-state index in [0.717, 1.165) is 34.1 Å². The van der Waals surface area contributed by atoms with Gasteiger partial charge < -0.3 is 4.42 Å². The topological polar surface area (TPSA) is 88.2 Å². The van der Waals surface area contributed by atoms with Crippen molar-refractivity contribution < 1.29 is 14.4 Å². The minimum absolute atomic E-state index is 0.562. The number of thioether (sulfide) groups is 1. The van der Waals surface area contributed by atoms with Crippen LogP contribution in [0.4, 0.5) is 0 Å². The molecule has 0 saturated carbocycles. The van der Waals surface area contributed by atoms with Gasteiger partial charge in [0.1, 0.15) is 11.5 Å². The van der Waals surface area contributed by atoms with Gasteiger partial charge in [-0.05, 0) is 42.3 Å². The number of nitrogens with one attached hydrogen (secondary N) is 1. The molecule has 0 aliphatic rings. The fourth-order valence-electron chi connectivity index (χ4n) is 2.20. The van der Waals surface area contributed by atoms with Crippen molar-refractivity contribution >= 4 is 23.7 Å². The van der Waals surface area contributed by atoms with Gasteiger partial charge in [0, 0.05) is 18.0 Å². The van der Waals surface area contributed by atoms with Crippen LogP contribution in [0.3, 0.4) is 0 Å². The Bertz CT molecular complexity index is 920. The van der Waals surface area contributed by atoms with Gasteiger partial charge in [-0.25, -0.2) is 15.4 Å². The molecule has 26 heavy (non-hydrogen) atoms. The molecular weight excluding hydrogens is 350 g/mol. The molecule has 0 radical (unpaired) electrons. The maximum atomic E-state index is 11.0. The van der Waals surface area contributed by atoms with Crippen LogP contribution >= 0.6 is 11.8 Å². The maximum absolute atomic E-state index is 11.0. The highest BCUT2D eigenvalue weighted by Crippen LogP contribution is 2.24. The van der Waals surface area contributed by atoms with Gasteiger partial charge in [0.05, 0.1) is 0 Å². The van der Waals surface area contributed by atoms with Crippen molar-refractivity contribution in [2.45, 2.75) is 17.8 Å². The molecule has 0 unspecified atom stereocenters.